The van der Waals surface area contributed by atoms with Crippen molar-refractivity contribution in [2.24, 2.45) is 5.92 Å². The molecule has 1 unspecified atom stereocenters. The Labute approximate surface area is 188 Å². The molecule has 32 heavy (non-hydrogen) atoms. The Kier molecular flexibility index (Phi) is 6.95. The van der Waals surface area contributed by atoms with Crippen molar-refractivity contribution in [1.82, 2.24) is 0 Å². The number of nitrogens with one attached hydrogen (secondary N) is 1. The summed E-state index contributed by atoms with van der Waals surface area (Å²) < 4.78 is 0. The Morgan fingerprint density at radius 3 is 2.12 bits per heavy atom. The number of non-ortho nitro benzene ring substituents is 1. The maximum absolute atomic E-state index is 13.1. The molecule has 0 saturated heterocycles. The van der Waals surface area contributed by atoms with Gasteiger partial charge in [-0.15, -0.1) is 0 Å². The fourth-order valence-electron chi connectivity index (χ4n) is 4.56. The van der Waals surface area contributed by atoms with Gasteiger partial charge < -0.3 is 5.32 Å². The Balaban J connectivity index is 1.48. The molecule has 0 amide bonds. The first-order valence-electron chi connectivity index (χ1n) is 11.3. The summed E-state index contributed by atoms with van der Waals surface area (Å²) in [5.74, 6) is 0.543. The van der Waals surface area contributed by atoms with Crippen LogP contribution < -0.4 is 5.32 Å². The van der Waals surface area contributed by atoms with E-state index in [1.165, 1.54) is 31.4 Å². The first-order valence-corrected chi connectivity index (χ1v) is 11.3. The van der Waals surface area contributed by atoms with E-state index >= 15 is 0 Å². The number of hydrogen-bond donors (Lipinski definition) is 1. The number of Topliss-reactive ketones (excluding diaryl/α,β-unsaturated/α-hetero) is 1. The lowest BCUT2D eigenvalue weighted by Gasteiger charge is -2.31. The Morgan fingerprint density at radius 2 is 1.50 bits per heavy atom. The number of nitrogens with zero attached hydrogens (tertiary/aromatic N) is 1. The second-order valence-corrected chi connectivity index (χ2v) is 8.52. The zero-order chi connectivity index (χ0) is 22.3. The monoisotopic (exact) mass is 428 g/mol. The van der Waals surface area contributed by atoms with E-state index in [1.54, 1.807) is 12.1 Å². The van der Waals surface area contributed by atoms with Crippen LogP contribution in [-0.2, 0) is 0 Å². The number of ketones is 1. The molecule has 1 aliphatic rings. The molecule has 1 N–H and O–H groups in total. The van der Waals surface area contributed by atoms with Crippen LogP contribution in [0.1, 0.15) is 48.9 Å². The molecule has 0 aromatic heterocycles. The summed E-state index contributed by atoms with van der Waals surface area (Å²) in [6.45, 7) is 0. The molecule has 0 aliphatic heterocycles. The summed E-state index contributed by atoms with van der Waals surface area (Å²) >= 11 is 0. The molecule has 1 aliphatic carbocycles. The zero-order valence-corrected chi connectivity index (χ0v) is 18.1. The summed E-state index contributed by atoms with van der Waals surface area (Å²) in [6.07, 6.45) is 6.23. The van der Waals surface area contributed by atoms with E-state index in [-0.39, 0.29) is 17.5 Å². The molecule has 1 saturated carbocycles. The van der Waals surface area contributed by atoms with Crippen LogP contribution in [0.5, 0.6) is 0 Å². The van der Waals surface area contributed by atoms with Crippen molar-refractivity contribution in [3.8, 4) is 11.1 Å². The van der Waals surface area contributed by atoms with Gasteiger partial charge in [0.05, 0.1) is 4.92 Å². The second-order valence-electron chi connectivity index (χ2n) is 8.52. The number of anilines is 1. The lowest BCUT2D eigenvalue weighted by molar-refractivity contribution is -0.384. The number of carbonyl (C=O) groups excluding carboxylic acids is 1. The molecule has 3 aromatic rings. The lowest BCUT2D eigenvalue weighted by Crippen LogP contribution is -2.33. The number of carbonyl (C=O) groups is 1. The van der Waals surface area contributed by atoms with Crippen LogP contribution in [0.15, 0.2) is 78.9 Å². The van der Waals surface area contributed by atoms with E-state index in [9.17, 15) is 14.9 Å². The summed E-state index contributed by atoms with van der Waals surface area (Å²) in [6, 6.07) is 24.4. The maximum Gasteiger partial charge on any atom is 0.269 e. The molecular formula is C27H28N2O3. The molecule has 5 nitrogen and oxygen atoms in total. The Bertz CT molecular complexity index is 1040. The first kappa shape index (κ1) is 21.8. The summed E-state index contributed by atoms with van der Waals surface area (Å²) in [5, 5.41) is 14.4. The van der Waals surface area contributed by atoms with E-state index in [0.29, 0.717) is 12.3 Å². The average molecular weight is 429 g/mol. The molecular weight excluding hydrogens is 400 g/mol. The van der Waals surface area contributed by atoms with Gasteiger partial charge in [0.1, 0.15) is 0 Å². The fraction of sp³-hybridized carbons (Fsp3) is 0.296. The predicted molar refractivity (Wildman–Crippen MR) is 128 cm³/mol. The number of benzene rings is 3. The number of nitro groups is 1. The predicted octanol–water partition coefficient (Wildman–Crippen LogP) is 6.90. The molecule has 4 rings (SSSR count). The highest BCUT2D eigenvalue weighted by molar-refractivity contribution is 5.97. The van der Waals surface area contributed by atoms with Crippen molar-refractivity contribution >= 4 is 17.2 Å². The van der Waals surface area contributed by atoms with Crippen molar-refractivity contribution in [3.63, 3.8) is 0 Å². The van der Waals surface area contributed by atoms with Crippen LogP contribution >= 0.6 is 0 Å². The Morgan fingerprint density at radius 1 is 0.875 bits per heavy atom. The number of hydrogen-bond acceptors (Lipinski definition) is 4. The average Bonchev–Trinajstić information content (AvgIpc) is 2.85. The summed E-state index contributed by atoms with van der Waals surface area (Å²) in [5.41, 5.74) is 3.83. The minimum atomic E-state index is -0.398. The van der Waals surface area contributed by atoms with E-state index in [2.05, 4.69) is 17.4 Å². The Hall–Kier alpha value is -3.47. The summed E-state index contributed by atoms with van der Waals surface area (Å²) in [7, 11) is 0. The van der Waals surface area contributed by atoms with E-state index in [4.69, 9.17) is 0 Å². The lowest BCUT2D eigenvalue weighted by atomic mass is 9.81. The van der Waals surface area contributed by atoms with Crippen LogP contribution in [0, 0.1) is 16.0 Å². The van der Waals surface area contributed by atoms with Gasteiger partial charge in [-0.05, 0) is 42.0 Å². The molecule has 0 spiro atoms. The van der Waals surface area contributed by atoms with Crippen LogP contribution in [-0.4, -0.2) is 16.7 Å². The van der Waals surface area contributed by atoms with Gasteiger partial charge in [0.25, 0.3) is 5.69 Å². The van der Waals surface area contributed by atoms with E-state index < -0.39 is 4.92 Å². The molecule has 0 bridgehead atoms. The quantitative estimate of drug-likeness (QED) is 0.241. The maximum atomic E-state index is 13.1. The SMILES string of the molecule is O=C(CC(Nc1ccc([N+](=O)[O-])cc1)C1CCCCC1)c1ccc(-c2ccccc2)cc1. The van der Waals surface area contributed by atoms with E-state index in [1.807, 2.05) is 42.5 Å². The third-order valence-electron chi connectivity index (χ3n) is 6.37. The van der Waals surface area contributed by atoms with Crippen LogP contribution in [0.4, 0.5) is 11.4 Å². The zero-order valence-electron chi connectivity index (χ0n) is 18.1. The molecule has 164 valence electrons. The molecule has 0 heterocycles. The van der Waals surface area contributed by atoms with Crippen LogP contribution in [0.3, 0.4) is 0 Å². The first-order chi connectivity index (χ1) is 15.6. The normalized spacial score (nSPS) is 15.1. The number of nitro benzene ring substituents is 1. The second kappa shape index (κ2) is 10.2. The topological polar surface area (TPSA) is 72.2 Å². The third-order valence-corrected chi connectivity index (χ3v) is 6.37. The van der Waals surface area contributed by atoms with Crippen molar-refractivity contribution in [3.05, 3.63) is 94.5 Å². The minimum Gasteiger partial charge on any atom is -0.382 e. The van der Waals surface area contributed by atoms with Gasteiger partial charge in [-0.1, -0.05) is 73.9 Å². The standard InChI is InChI=1S/C27H28N2O3/c30-27(23-13-11-21(12-14-23)20-7-3-1-4-8-20)19-26(22-9-5-2-6-10-22)28-24-15-17-25(18-16-24)29(31)32/h1,3-4,7-8,11-18,22,26,28H,2,5-6,9-10,19H2. The molecule has 3 aromatic carbocycles. The van der Waals surface area contributed by atoms with Gasteiger partial charge in [0.2, 0.25) is 0 Å². The van der Waals surface area contributed by atoms with Gasteiger partial charge in [0, 0.05) is 35.8 Å². The van der Waals surface area contributed by atoms with Crippen LogP contribution in [0.25, 0.3) is 11.1 Å². The molecule has 5 heteroatoms. The smallest absolute Gasteiger partial charge is 0.269 e. The van der Waals surface area contributed by atoms with Gasteiger partial charge in [-0.2, -0.15) is 0 Å². The van der Waals surface area contributed by atoms with Crippen molar-refractivity contribution in [2.75, 3.05) is 5.32 Å². The molecule has 1 fully saturated rings. The van der Waals surface area contributed by atoms with Crippen molar-refractivity contribution in [2.45, 2.75) is 44.6 Å². The number of rotatable bonds is 8. The van der Waals surface area contributed by atoms with Crippen LogP contribution in [0.2, 0.25) is 0 Å². The third kappa shape index (κ3) is 5.41. The highest BCUT2D eigenvalue weighted by atomic mass is 16.6. The summed E-state index contributed by atoms with van der Waals surface area (Å²) in [4.78, 5) is 23.7. The van der Waals surface area contributed by atoms with Gasteiger partial charge >= 0.3 is 0 Å². The molecule has 0 radical (unpaired) electrons. The highest BCUT2D eigenvalue weighted by Crippen LogP contribution is 2.31. The molecule has 1 atom stereocenters. The van der Waals surface area contributed by atoms with Crippen molar-refractivity contribution in [1.29, 1.82) is 0 Å². The highest BCUT2D eigenvalue weighted by Gasteiger charge is 2.26. The van der Waals surface area contributed by atoms with E-state index in [0.717, 1.165) is 35.2 Å². The van der Waals surface area contributed by atoms with Gasteiger partial charge in [0.15, 0.2) is 5.78 Å². The minimum absolute atomic E-state index is 0.0121. The van der Waals surface area contributed by atoms with Crippen molar-refractivity contribution < 1.29 is 9.72 Å². The largest absolute Gasteiger partial charge is 0.382 e. The fourth-order valence-corrected chi connectivity index (χ4v) is 4.56. The van der Waals surface area contributed by atoms with Gasteiger partial charge in [-0.25, -0.2) is 0 Å². The van der Waals surface area contributed by atoms with Gasteiger partial charge in [-0.3, -0.25) is 14.9 Å².